The average molecular weight is 200 g/mol. The highest BCUT2D eigenvalue weighted by Gasteiger charge is 2.23. The summed E-state index contributed by atoms with van der Waals surface area (Å²) in [7, 11) is 1.70. The van der Waals surface area contributed by atoms with Gasteiger partial charge in [0.1, 0.15) is 0 Å². The Hall–Kier alpha value is -1.14. The van der Waals surface area contributed by atoms with E-state index in [1.807, 2.05) is 5.43 Å². The van der Waals surface area contributed by atoms with Gasteiger partial charge < -0.3 is 5.32 Å². The van der Waals surface area contributed by atoms with E-state index in [1.165, 1.54) is 0 Å². The first kappa shape index (κ1) is 10.9. The van der Waals surface area contributed by atoms with Crippen molar-refractivity contribution in [1.29, 1.82) is 0 Å². The lowest BCUT2D eigenvalue weighted by atomic mass is 10.4. The molecular formula is C8H16N4O2. The highest BCUT2D eigenvalue weighted by atomic mass is 16.2. The molecule has 80 valence electrons. The lowest BCUT2D eigenvalue weighted by molar-refractivity contribution is -0.124. The molecule has 2 amide bonds. The number of hydrogen-bond acceptors (Lipinski definition) is 4. The fourth-order valence-electron chi connectivity index (χ4n) is 1.09. The van der Waals surface area contributed by atoms with Crippen LogP contribution in [0.4, 0.5) is 0 Å². The van der Waals surface area contributed by atoms with E-state index < -0.39 is 0 Å². The van der Waals surface area contributed by atoms with Gasteiger partial charge in [0.05, 0.1) is 13.1 Å². The van der Waals surface area contributed by atoms with Crippen LogP contribution in [0.5, 0.6) is 0 Å². The van der Waals surface area contributed by atoms with Gasteiger partial charge in [-0.25, -0.2) is 5.84 Å². The third-order valence-electron chi connectivity index (χ3n) is 1.93. The van der Waals surface area contributed by atoms with Crippen LogP contribution >= 0.6 is 0 Å². The van der Waals surface area contributed by atoms with E-state index in [-0.39, 0.29) is 24.9 Å². The molecule has 6 nitrogen and oxygen atoms in total. The number of nitrogens with one attached hydrogen (secondary N) is 2. The molecule has 1 aliphatic carbocycles. The number of nitrogens with zero attached hydrogens (tertiary/aromatic N) is 1. The summed E-state index contributed by atoms with van der Waals surface area (Å²) >= 11 is 0. The van der Waals surface area contributed by atoms with Crippen LogP contribution in [0.15, 0.2) is 0 Å². The van der Waals surface area contributed by atoms with Gasteiger partial charge in [-0.2, -0.15) is 0 Å². The number of hydrogen-bond donors (Lipinski definition) is 3. The van der Waals surface area contributed by atoms with Gasteiger partial charge in [0.25, 0.3) is 0 Å². The van der Waals surface area contributed by atoms with Crippen LogP contribution in [0.2, 0.25) is 0 Å². The number of rotatable bonds is 5. The minimum absolute atomic E-state index is 0.0418. The highest BCUT2D eigenvalue weighted by Crippen LogP contribution is 2.18. The van der Waals surface area contributed by atoms with Crippen molar-refractivity contribution in [1.82, 2.24) is 15.6 Å². The van der Waals surface area contributed by atoms with Crippen LogP contribution in [0, 0.1) is 0 Å². The van der Waals surface area contributed by atoms with E-state index in [1.54, 1.807) is 11.9 Å². The number of likely N-dealkylation sites (N-methyl/N-ethyl adjacent to an activating group) is 1. The minimum Gasteiger partial charge on any atom is -0.352 e. The van der Waals surface area contributed by atoms with Crippen LogP contribution in [-0.2, 0) is 9.59 Å². The molecule has 1 rings (SSSR count). The molecule has 0 atom stereocenters. The number of amides is 2. The van der Waals surface area contributed by atoms with E-state index in [9.17, 15) is 9.59 Å². The van der Waals surface area contributed by atoms with Gasteiger partial charge in [-0.15, -0.1) is 0 Å². The maximum atomic E-state index is 11.3. The van der Waals surface area contributed by atoms with E-state index in [2.05, 4.69) is 5.32 Å². The zero-order valence-electron chi connectivity index (χ0n) is 8.25. The predicted octanol–water partition coefficient (Wildman–Crippen LogP) is -1.81. The zero-order chi connectivity index (χ0) is 10.6. The molecule has 0 aromatic rings. The van der Waals surface area contributed by atoms with Gasteiger partial charge in [0.2, 0.25) is 11.8 Å². The maximum Gasteiger partial charge on any atom is 0.248 e. The van der Waals surface area contributed by atoms with Crippen LogP contribution in [0.3, 0.4) is 0 Å². The Morgan fingerprint density at radius 2 is 1.93 bits per heavy atom. The second kappa shape index (κ2) is 4.92. The van der Waals surface area contributed by atoms with Crippen molar-refractivity contribution in [2.45, 2.75) is 18.9 Å². The topological polar surface area (TPSA) is 87.5 Å². The Bertz CT molecular complexity index is 227. The summed E-state index contributed by atoms with van der Waals surface area (Å²) in [5.41, 5.74) is 2.01. The standard InChI is InChI=1S/C8H16N4O2/c1-12(5-8(14)11-9)4-7(13)10-6-2-3-6/h6H,2-5,9H2,1H3,(H,10,13)(H,11,14). The largest absolute Gasteiger partial charge is 0.352 e. The van der Waals surface area contributed by atoms with Crippen LogP contribution < -0.4 is 16.6 Å². The van der Waals surface area contributed by atoms with Crippen molar-refractivity contribution in [3.05, 3.63) is 0 Å². The summed E-state index contributed by atoms with van der Waals surface area (Å²) in [6, 6.07) is 0.360. The normalized spacial score (nSPS) is 15.4. The van der Waals surface area contributed by atoms with Gasteiger partial charge in [0.15, 0.2) is 0 Å². The third kappa shape index (κ3) is 4.20. The maximum absolute atomic E-state index is 11.3. The quantitative estimate of drug-likeness (QED) is 0.277. The molecule has 0 heterocycles. The SMILES string of the molecule is CN(CC(=O)NN)CC(=O)NC1CC1. The first-order valence-electron chi connectivity index (χ1n) is 4.59. The summed E-state index contributed by atoms with van der Waals surface area (Å²) in [6.07, 6.45) is 2.14. The van der Waals surface area contributed by atoms with Gasteiger partial charge in [-0.3, -0.25) is 19.9 Å². The van der Waals surface area contributed by atoms with E-state index in [0.717, 1.165) is 12.8 Å². The molecule has 0 spiro atoms. The number of carbonyl (C=O) groups excluding carboxylic acids is 2. The molecule has 4 N–H and O–H groups in total. The summed E-state index contributed by atoms with van der Waals surface area (Å²) in [6.45, 7) is 0.360. The van der Waals surface area contributed by atoms with Crippen LogP contribution in [0.25, 0.3) is 0 Å². The van der Waals surface area contributed by atoms with Crippen molar-refractivity contribution in [3.63, 3.8) is 0 Å². The molecule has 14 heavy (non-hydrogen) atoms. The Morgan fingerprint density at radius 3 is 2.43 bits per heavy atom. The fourth-order valence-corrected chi connectivity index (χ4v) is 1.09. The van der Waals surface area contributed by atoms with Crippen molar-refractivity contribution in [2.24, 2.45) is 5.84 Å². The predicted molar refractivity (Wildman–Crippen MR) is 51.0 cm³/mol. The third-order valence-corrected chi connectivity index (χ3v) is 1.93. The lowest BCUT2D eigenvalue weighted by Gasteiger charge is -2.14. The van der Waals surface area contributed by atoms with Crippen molar-refractivity contribution < 1.29 is 9.59 Å². The number of nitrogens with two attached hydrogens (primary N) is 1. The fraction of sp³-hybridized carbons (Fsp3) is 0.750. The number of carbonyl (C=O) groups is 2. The molecule has 0 bridgehead atoms. The Labute approximate surface area is 82.8 Å². The Morgan fingerprint density at radius 1 is 1.36 bits per heavy atom. The highest BCUT2D eigenvalue weighted by molar-refractivity contribution is 5.81. The molecule has 0 radical (unpaired) electrons. The van der Waals surface area contributed by atoms with E-state index in [4.69, 9.17) is 5.84 Å². The molecule has 1 fully saturated rings. The van der Waals surface area contributed by atoms with Crippen LogP contribution in [0.1, 0.15) is 12.8 Å². The Kier molecular flexibility index (Phi) is 3.84. The lowest BCUT2D eigenvalue weighted by Crippen LogP contribution is -2.43. The summed E-state index contributed by atoms with van der Waals surface area (Å²) in [4.78, 5) is 23.7. The number of hydrazine groups is 1. The monoisotopic (exact) mass is 200 g/mol. The first-order valence-corrected chi connectivity index (χ1v) is 4.59. The molecule has 0 aliphatic heterocycles. The zero-order valence-corrected chi connectivity index (χ0v) is 8.25. The van der Waals surface area contributed by atoms with Gasteiger partial charge in [-0.05, 0) is 19.9 Å². The smallest absolute Gasteiger partial charge is 0.248 e. The molecule has 6 heteroatoms. The second-order valence-corrected chi connectivity index (χ2v) is 3.58. The van der Waals surface area contributed by atoms with Crippen LogP contribution in [-0.4, -0.2) is 42.9 Å². The molecule has 0 aromatic heterocycles. The van der Waals surface area contributed by atoms with E-state index >= 15 is 0 Å². The summed E-state index contributed by atoms with van der Waals surface area (Å²) in [5, 5.41) is 2.83. The molecule has 0 unspecified atom stereocenters. The van der Waals surface area contributed by atoms with Crippen molar-refractivity contribution in [3.8, 4) is 0 Å². The van der Waals surface area contributed by atoms with Gasteiger partial charge >= 0.3 is 0 Å². The summed E-state index contributed by atoms with van der Waals surface area (Å²) < 4.78 is 0. The molecule has 1 aliphatic rings. The minimum atomic E-state index is -0.299. The molecule has 0 aromatic carbocycles. The van der Waals surface area contributed by atoms with Gasteiger partial charge in [0, 0.05) is 6.04 Å². The van der Waals surface area contributed by atoms with Gasteiger partial charge in [-0.1, -0.05) is 0 Å². The summed E-state index contributed by atoms with van der Waals surface area (Å²) in [5.74, 6) is 4.57. The molecule has 0 saturated heterocycles. The Balaban J connectivity index is 2.14. The average Bonchev–Trinajstić information content (AvgIpc) is 2.87. The second-order valence-electron chi connectivity index (χ2n) is 3.58. The molecule has 1 saturated carbocycles. The van der Waals surface area contributed by atoms with Crippen molar-refractivity contribution in [2.75, 3.05) is 20.1 Å². The molecular weight excluding hydrogens is 184 g/mol. The van der Waals surface area contributed by atoms with E-state index in [0.29, 0.717) is 6.04 Å². The van der Waals surface area contributed by atoms with Crippen molar-refractivity contribution >= 4 is 11.8 Å². The first-order chi connectivity index (χ1) is 6.61.